The highest BCUT2D eigenvalue weighted by atomic mass is 32.2. The molecule has 9 heteroatoms. The Morgan fingerprint density at radius 2 is 2.03 bits per heavy atom. The van der Waals surface area contributed by atoms with Crippen LogP contribution in [0.3, 0.4) is 0 Å². The maximum atomic E-state index is 12.8. The molecule has 8 nitrogen and oxygen atoms in total. The number of para-hydroxylation sites is 2. The molecule has 0 aliphatic carbocycles. The van der Waals surface area contributed by atoms with Crippen LogP contribution in [0.25, 0.3) is 0 Å². The molecule has 2 unspecified atom stereocenters. The third-order valence-corrected chi connectivity index (χ3v) is 6.02. The Morgan fingerprint density at radius 1 is 1.27 bits per heavy atom. The second kappa shape index (κ2) is 10.4. The van der Waals surface area contributed by atoms with E-state index in [1.165, 1.54) is 11.8 Å². The Bertz CT molecular complexity index is 1120. The van der Waals surface area contributed by atoms with Gasteiger partial charge in [-0.25, -0.2) is 0 Å². The number of carbonyl (C=O) groups is 1. The summed E-state index contributed by atoms with van der Waals surface area (Å²) in [7, 11) is 0. The molecule has 0 saturated carbocycles. The number of hydrogen-bond donors (Lipinski definition) is 1. The zero-order valence-corrected chi connectivity index (χ0v) is 19.4. The fraction of sp³-hybridized carbons (Fsp3) is 0.292. The number of allylic oxidation sites excluding steroid dienone is 1. The number of nitrogens with one attached hydrogen (secondary N) is 1. The lowest BCUT2D eigenvalue weighted by molar-refractivity contribution is -0.115. The fourth-order valence-electron chi connectivity index (χ4n) is 3.33. The number of thioether (sulfide) groups is 1. The Morgan fingerprint density at radius 3 is 2.76 bits per heavy atom. The number of ether oxygens (including phenoxy) is 3. The maximum absolute atomic E-state index is 12.8. The van der Waals surface area contributed by atoms with Crippen LogP contribution in [0.1, 0.15) is 25.8 Å². The lowest BCUT2D eigenvalue weighted by atomic mass is 10.2. The number of carbonyl (C=O) groups excluding carboxylic acids is 1. The normalized spacial score (nSPS) is 15.5. The molecule has 4 rings (SSSR count). The standard InChI is InChI=1S/C24H26N4O4S/c1-4-14-28-22(21-15-31-19-8-6-7-9-20(19)32-21)26-27-24(28)33-16(3)23(29)25-17-10-12-18(13-11-17)30-5-2/h4,6-13,16,21H,1,5,14-15H2,2-3H3,(H,25,29). The van der Waals surface area contributed by atoms with Crippen LogP contribution < -0.4 is 19.5 Å². The first kappa shape index (κ1) is 22.7. The van der Waals surface area contributed by atoms with Crippen LogP contribution >= 0.6 is 11.8 Å². The molecule has 2 heterocycles. The van der Waals surface area contributed by atoms with Gasteiger partial charge < -0.3 is 19.5 Å². The number of hydrogen-bond acceptors (Lipinski definition) is 7. The smallest absolute Gasteiger partial charge is 0.237 e. The topological polar surface area (TPSA) is 87.5 Å². The highest BCUT2D eigenvalue weighted by Gasteiger charge is 2.29. The lowest BCUT2D eigenvalue weighted by Gasteiger charge is -2.26. The third-order valence-electron chi connectivity index (χ3n) is 4.94. The van der Waals surface area contributed by atoms with Crippen LogP contribution in [-0.4, -0.2) is 39.1 Å². The molecule has 2 atom stereocenters. The van der Waals surface area contributed by atoms with Crippen molar-refractivity contribution in [3.63, 3.8) is 0 Å². The predicted molar refractivity (Wildman–Crippen MR) is 127 cm³/mol. The van der Waals surface area contributed by atoms with Crippen molar-refractivity contribution in [1.29, 1.82) is 0 Å². The van der Waals surface area contributed by atoms with Gasteiger partial charge in [0.1, 0.15) is 12.4 Å². The summed E-state index contributed by atoms with van der Waals surface area (Å²) in [5.41, 5.74) is 0.704. The van der Waals surface area contributed by atoms with E-state index in [-0.39, 0.29) is 5.91 Å². The Hall–Kier alpha value is -3.46. The van der Waals surface area contributed by atoms with E-state index >= 15 is 0 Å². The highest BCUT2D eigenvalue weighted by molar-refractivity contribution is 8.00. The van der Waals surface area contributed by atoms with Crippen LogP contribution in [0.15, 0.2) is 66.3 Å². The molecule has 1 aliphatic rings. The van der Waals surface area contributed by atoms with Gasteiger partial charge in [-0.15, -0.1) is 16.8 Å². The van der Waals surface area contributed by atoms with Crippen molar-refractivity contribution in [3.05, 3.63) is 67.0 Å². The van der Waals surface area contributed by atoms with E-state index in [0.717, 1.165) is 5.75 Å². The van der Waals surface area contributed by atoms with Crippen LogP contribution in [0, 0.1) is 0 Å². The second-order valence-corrected chi connectivity index (χ2v) is 8.62. The summed E-state index contributed by atoms with van der Waals surface area (Å²) >= 11 is 1.33. The fourth-order valence-corrected chi connectivity index (χ4v) is 4.19. The van der Waals surface area contributed by atoms with Gasteiger partial charge in [-0.3, -0.25) is 9.36 Å². The lowest BCUT2D eigenvalue weighted by Crippen LogP contribution is -2.25. The van der Waals surface area contributed by atoms with E-state index in [1.807, 2.05) is 66.9 Å². The molecule has 2 aromatic carbocycles. The van der Waals surface area contributed by atoms with Crippen molar-refractivity contribution < 1.29 is 19.0 Å². The van der Waals surface area contributed by atoms with E-state index in [2.05, 4.69) is 22.1 Å². The zero-order valence-electron chi connectivity index (χ0n) is 18.6. The van der Waals surface area contributed by atoms with Gasteiger partial charge in [0.05, 0.1) is 11.9 Å². The first-order chi connectivity index (χ1) is 16.1. The Labute approximate surface area is 197 Å². The van der Waals surface area contributed by atoms with Gasteiger partial charge in [0.2, 0.25) is 5.91 Å². The summed E-state index contributed by atoms with van der Waals surface area (Å²) in [6.07, 6.45) is 1.36. The number of rotatable bonds is 9. The average molecular weight is 467 g/mol. The number of anilines is 1. The minimum absolute atomic E-state index is 0.134. The van der Waals surface area contributed by atoms with Gasteiger partial charge in [-0.05, 0) is 50.2 Å². The minimum Gasteiger partial charge on any atom is -0.494 e. The largest absolute Gasteiger partial charge is 0.494 e. The van der Waals surface area contributed by atoms with Crippen molar-refractivity contribution in [2.45, 2.75) is 36.9 Å². The molecule has 1 N–H and O–H groups in total. The summed E-state index contributed by atoms with van der Waals surface area (Å²) in [4.78, 5) is 12.8. The second-order valence-electron chi connectivity index (χ2n) is 7.31. The molecule has 172 valence electrons. The highest BCUT2D eigenvalue weighted by Crippen LogP contribution is 2.36. The molecular formula is C24H26N4O4S. The first-order valence-corrected chi connectivity index (χ1v) is 11.6. The summed E-state index contributed by atoms with van der Waals surface area (Å²) < 4.78 is 19.3. The van der Waals surface area contributed by atoms with Gasteiger partial charge in [-0.1, -0.05) is 30.0 Å². The number of benzene rings is 2. The van der Waals surface area contributed by atoms with E-state index < -0.39 is 11.4 Å². The zero-order chi connectivity index (χ0) is 23.2. The Balaban J connectivity index is 1.45. The maximum Gasteiger partial charge on any atom is 0.237 e. The number of aromatic nitrogens is 3. The van der Waals surface area contributed by atoms with E-state index in [1.54, 1.807) is 6.08 Å². The molecule has 0 bridgehead atoms. The van der Waals surface area contributed by atoms with Gasteiger partial charge >= 0.3 is 0 Å². The van der Waals surface area contributed by atoms with Crippen LogP contribution in [0.5, 0.6) is 17.2 Å². The number of amides is 1. The molecular weight excluding hydrogens is 440 g/mol. The molecule has 3 aromatic rings. The summed E-state index contributed by atoms with van der Waals surface area (Å²) in [6.45, 7) is 9.01. The first-order valence-electron chi connectivity index (χ1n) is 10.7. The van der Waals surface area contributed by atoms with E-state index in [4.69, 9.17) is 14.2 Å². The van der Waals surface area contributed by atoms with Crippen molar-refractivity contribution in [2.24, 2.45) is 0 Å². The molecule has 1 aliphatic heterocycles. The molecule has 0 spiro atoms. The summed E-state index contributed by atoms with van der Waals surface area (Å²) in [5.74, 6) is 2.63. The molecule has 1 amide bonds. The third kappa shape index (κ3) is 5.31. The minimum atomic E-state index is -0.408. The number of nitrogens with zero attached hydrogens (tertiary/aromatic N) is 3. The monoisotopic (exact) mass is 466 g/mol. The van der Waals surface area contributed by atoms with Crippen molar-refractivity contribution in [2.75, 3.05) is 18.5 Å². The predicted octanol–water partition coefficient (Wildman–Crippen LogP) is 4.49. The van der Waals surface area contributed by atoms with Crippen molar-refractivity contribution >= 4 is 23.4 Å². The quantitative estimate of drug-likeness (QED) is 0.367. The molecule has 1 aromatic heterocycles. The van der Waals surface area contributed by atoms with Crippen LogP contribution in [0.4, 0.5) is 5.69 Å². The van der Waals surface area contributed by atoms with Gasteiger partial charge in [0.25, 0.3) is 0 Å². The summed E-state index contributed by atoms with van der Waals surface area (Å²) in [6, 6.07) is 14.8. The number of fused-ring (bicyclic) bond motifs is 1. The van der Waals surface area contributed by atoms with Crippen molar-refractivity contribution in [1.82, 2.24) is 14.8 Å². The van der Waals surface area contributed by atoms with E-state index in [9.17, 15) is 4.79 Å². The van der Waals surface area contributed by atoms with Crippen molar-refractivity contribution in [3.8, 4) is 17.2 Å². The van der Waals surface area contributed by atoms with Gasteiger partial charge in [0, 0.05) is 12.2 Å². The molecule has 33 heavy (non-hydrogen) atoms. The Kier molecular flexibility index (Phi) is 7.19. The summed E-state index contributed by atoms with van der Waals surface area (Å²) in [5, 5.41) is 11.8. The SMILES string of the molecule is C=CCn1c(SC(C)C(=O)Nc2ccc(OCC)cc2)nnc1C1COc2ccccc2O1. The molecule has 0 saturated heterocycles. The van der Waals surface area contributed by atoms with Gasteiger partial charge in [-0.2, -0.15) is 0 Å². The molecule has 0 radical (unpaired) electrons. The van der Waals surface area contributed by atoms with Crippen LogP contribution in [0.2, 0.25) is 0 Å². The van der Waals surface area contributed by atoms with Crippen LogP contribution in [-0.2, 0) is 11.3 Å². The van der Waals surface area contributed by atoms with Gasteiger partial charge in [0.15, 0.2) is 28.6 Å². The average Bonchev–Trinajstić information content (AvgIpc) is 3.22. The van der Waals surface area contributed by atoms with E-state index in [0.29, 0.717) is 47.9 Å². The molecule has 0 fully saturated rings.